The van der Waals surface area contributed by atoms with Crippen LogP contribution in [0.1, 0.15) is 31.2 Å². The summed E-state index contributed by atoms with van der Waals surface area (Å²) in [5.41, 5.74) is 2.64. The topological polar surface area (TPSA) is 38.8 Å². The van der Waals surface area contributed by atoms with Crippen molar-refractivity contribution < 1.29 is 4.79 Å². The Balaban J connectivity index is 0.00000210. The Morgan fingerprint density at radius 3 is 2.38 bits per heavy atom. The minimum absolute atomic E-state index is 0. The van der Waals surface area contributed by atoms with Crippen LogP contribution >= 0.6 is 24.8 Å². The summed E-state index contributed by atoms with van der Waals surface area (Å²) >= 11 is 0. The number of rotatable bonds is 7. The molecule has 0 aliphatic carbocycles. The molecule has 2 saturated heterocycles. The predicted octanol–water partition coefficient (Wildman–Crippen LogP) is 3.20. The third-order valence-corrected chi connectivity index (χ3v) is 6.15. The summed E-state index contributed by atoms with van der Waals surface area (Å²) in [5.74, 6) is 1.14. The van der Waals surface area contributed by atoms with Crippen LogP contribution in [0.5, 0.6) is 0 Å². The highest BCUT2D eigenvalue weighted by molar-refractivity contribution is 5.85. The number of aryl methyl sites for hydroxylation is 1. The van der Waals surface area contributed by atoms with Gasteiger partial charge in [0.15, 0.2) is 0 Å². The van der Waals surface area contributed by atoms with Crippen LogP contribution in [-0.4, -0.2) is 75.1 Å². The first-order valence-electron chi connectivity index (χ1n) is 10.6. The average molecular weight is 445 g/mol. The van der Waals surface area contributed by atoms with Gasteiger partial charge in [-0.25, -0.2) is 0 Å². The molecule has 0 saturated carbocycles. The number of benzene rings is 1. The normalized spacial score (nSPS) is 18.1. The van der Waals surface area contributed by atoms with E-state index in [-0.39, 0.29) is 24.8 Å². The molecule has 3 rings (SSSR count). The molecule has 1 aromatic rings. The quantitative estimate of drug-likeness (QED) is 0.700. The Hall–Kier alpha value is -1.01. The lowest BCUT2D eigenvalue weighted by molar-refractivity contribution is -0.133. The van der Waals surface area contributed by atoms with Crippen LogP contribution in [-0.2, 0) is 4.79 Å². The van der Waals surface area contributed by atoms with Crippen LogP contribution in [0.4, 0.5) is 5.69 Å². The maximum absolute atomic E-state index is 12.6. The zero-order valence-electron chi connectivity index (χ0n) is 17.9. The highest BCUT2D eigenvalue weighted by Crippen LogP contribution is 2.21. The molecule has 0 atom stereocenters. The number of hydrogen-bond donors (Lipinski definition) is 1. The number of anilines is 1. The first kappa shape index (κ1) is 26.0. The second-order valence-electron chi connectivity index (χ2n) is 8.13. The van der Waals surface area contributed by atoms with Crippen molar-refractivity contribution in [2.75, 3.05) is 64.3 Å². The lowest BCUT2D eigenvalue weighted by Crippen LogP contribution is -2.47. The minimum atomic E-state index is 0. The van der Waals surface area contributed by atoms with Gasteiger partial charge >= 0.3 is 0 Å². The van der Waals surface area contributed by atoms with E-state index >= 15 is 0 Å². The van der Waals surface area contributed by atoms with E-state index < -0.39 is 0 Å². The van der Waals surface area contributed by atoms with E-state index in [1.807, 2.05) is 7.05 Å². The van der Waals surface area contributed by atoms with Gasteiger partial charge < -0.3 is 15.1 Å². The highest BCUT2D eigenvalue weighted by atomic mass is 35.5. The van der Waals surface area contributed by atoms with Crippen molar-refractivity contribution in [2.24, 2.45) is 5.92 Å². The third kappa shape index (κ3) is 7.97. The number of likely N-dealkylation sites (tertiary alicyclic amines) is 1. The summed E-state index contributed by atoms with van der Waals surface area (Å²) < 4.78 is 0. The van der Waals surface area contributed by atoms with E-state index in [1.165, 1.54) is 30.5 Å². The van der Waals surface area contributed by atoms with Crippen LogP contribution in [0.2, 0.25) is 0 Å². The van der Waals surface area contributed by atoms with E-state index in [4.69, 9.17) is 0 Å². The number of halogens is 2. The van der Waals surface area contributed by atoms with Gasteiger partial charge in [-0.3, -0.25) is 9.69 Å². The summed E-state index contributed by atoms with van der Waals surface area (Å²) in [6.45, 7) is 10.2. The Morgan fingerprint density at radius 2 is 1.76 bits per heavy atom. The molecule has 0 bridgehead atoms. The molecule has 2 heterocycles. The molecule has 0 radical (unpaired) electrons. The van der Waals surface area contributed by atoms with Gasteiger partial charge in [0, 0.05) is 57.9 Å². The minimum Gasteiger partial charge on any atom is -0.369 e. The molecule has 2 aliphatic heterocycles. The summed E-state index contributed by atoms with van der Waals surface area (Å²) in [4.78, 5) is 19.6. The fraction of sp³-hybridized carbons (Fsp3) is 0.682. The molecule has 2 aliphatic rings. The molecule has 166 valence electrons. The van der Waals surface area contributed by atoms with Crippen LogP contribution < -0.4 is 10.2 Å². The zero-order valence-corrected chi connectivity index (χ0v) is 19.6. The van der Waals surface area contributed by atoms with Gasteiger partial charge in [0.05, 0.1) is 0 Å². The molecule has 1 N–H and O–H groups in total. The first-order chi connectivity index (χ1) is 13.2. The van der Waals surface area contributed by atoms with Crippen LogP contribution in [0.15, 0.2) is 24.3 Å². The molecule has 2 fully saturated rings. The summed E-state index contributed by atoms with van der Waals surface area (Å²) in [6.07, 6.45) is 4.25. The fourth-order valence-corrected chi connectivity index (χ4v) is 4.29. The molecular weight excluding hydrogens is 407 g/mol. The molecule has 5 nitrogen and oxygen atoms in total. The SMILES string of the molecule is CNCCC1CCN(C(=O)CCN2CCN(c3cccc(C)c3)CC2)CC1.Cl.Cl. The smallest absolute Gasteiger partial charge is 0.223 e. The van der Waals surface area contributed by atoms with Crippen LogP contribution in [0, 0.1) is 12.8 Å². The standard InChI is InChI=1S/C22H36N4O.2ClH/c1-19-4-3-5-21(18-19)25-16-14-24(15-17-25)11-9-22(27)26-12-7-20(8-13-26)6-10-23-2;;/h3-5,18,20,23H,6-17H2,1-2H3;2*1H. The molecule has 1 amide bonds. The van der Waals surface area contributed by atoms with Gasteiger partial charge in [-0.05, 0) is 63.4 Å². The molecule has 7 heteroatoms. The lowest BCUT2D eigenvalue weighted by Gasteiger charge is -2.37. The van der Waals surface area contributed by atoms with Gasteiger partial charge in [0.2, 0.25) is 5.91 Å². The molecule has 0 spiro atoms. The molecule has 0 aromatic heterocycles. The number of carbonyl (C=O) groups excluding carboxylic acids is 1. The van der Waals surface area contributed by atoms with Crippen molar-refractivity contribution >= 4 is 36.4 Å². The summed E-state index contributed by atoms with van der Waals surface area (Å²) in [6, 6.07) is 8.75. The number of nitrogens with one attached hydrogen (secondary N) is 1. The molecule has 29 heavy (non-hydrogen) atoms. The van der Waals surface area contributed by atoms with Gasteiger partial charge in [0.1, 0.15) is 0 Å². The number of amides is 1. The third-order valence-electron chi connectivity index (χ3n) is 6.15. The van der Waals surface area contributed by atoms with Gasteiger partial charge in [-0.1, -0.05) is 12.1 Å². The number of piperazine rings is 1. The van der Waals surface area contributed by atoms with Gasteiger partial charge in [-0.15, -0.1) is 24.8 Å². The van der Waals surface area contributed by atoms with Crippen molar-refractivity contribution in [1.82, 2.24) is 15.1 Å². The van der Waals surface area contributed by atoms with E-state index in [0.717, 1.165) is 58.3 Å². The summed E-state index contributed by atoms with van der Waals surface area (Å²) in [7, 11) is 2.01. The zero-order chi connectivity index (χ0) is 19.1. The molecule has 1 aromatic carbocycles. The van der Waals surface area contributed by atoms with Gasteiger partial charge in [0.25, 0.3) is 0 Å². The Kier molecular flexibility index (Phi) is 12.0. The first-order valence-corrected chi connectivity index (χ1v) is 10.6. The Labute approximate surface area is 189 Å². The Bertz CT molecular complexity index is 600. The maximum atomic E-state index is 12.6. The van der Waals surface area contributed by atoms with Crippen LogP contribution in [0.25, 0.3) is 0 Å². The number of nitrogens with zero attached hydrogens (tertiary/aromatic N) is 3. The highest BCUT2D eigenvalue weighted by Gasteiger charge is 2.23. The number of carbonyl (C=O) groups is 1. The number of piperidine rings is 1. The Morgan fingerprint density at radius 1 is 1.07 bits per heavy atom. The van der Waals surface area contributed by atoms with Crippen molar-refractivity contribution in [1.29, 1.82) is 0 Å². The van der Waals surface area contributed by atoms with Crippen molar-refractivity contribution in [3.63, 3.8) is 0 Å². The maximum Gasteiger partial charge on any atom is 0.223 e. The largest absolute Gasteiger partial charge is 0.369 e. The van der Waals surface area contributed by atoms with Crippen molar-refractivity contribution in [3.8, 4) is 0 Å². The van der Waals surface area contributed by atoms with Crippen LogP contribution in [0.3, 0.4) is 0 Å². The number of hydrogen-bond acceptors (Lipinski definition) is 4. The fourth-order valence-electron chi connectivity index (χ4n) is 4.29. The van der Waals surface area contributed by atoms with Crippen molar-refractivity contribution in [2.45, 2.75) is 32.6 Å². The lowest BCUT2D eigenvalue weighted by atomic mass is 9.93. The average Bonchev–Trinajstić information content (AvgIpc) is 2.71. The van der Waals surface area contributed by atoms with E-state index in [1.54, 1.807) is 0 Å². The molecule has 0 unspecified atom stereocenters. The second kappa shape index (κ2) is 13.3. The van der Waals surface area contributed by atoms with E-state index in [0.29, 0.717) is 12.3 Å². The molecular formula is C22H38Cl2N4O. The summed E-state index contributed by atoms with van der Waals surface area (Å²) in [5, 5.41) is 3.23. The second-order valence-corrected chi connectivity index (χ2v) is 8.13. The van der Waals surface area contributed by atoms with E-state index in [9.17, 15) is 4.79 Å². The predicted molar refractivity (Wildman–Crippen MR) is 127 cm³/mol. The van der Waals surface area contributed by atoms with Gasteiger partial charge in [-0.2, -0.15) is 0 Å². The monoisotopic (exact) mass is 444 g/mol. The van der Waals surface area contributed by atoms with E-state index in [2.05, 4.69) is 51.2 Å². The van der Waals surface area contributed by atoms with Crippen molar-refractivity contribution in [3.05, 3.63) is 29.8 Å².